The maximum Gasteiger partial charge on any atom is 0.261 e. The Morgan fingerprint density at radius 1 is 0.862 bits per heavy atom. The van der Waals surface area contributed by atoms with E-state index in [0.717, 1.165) is 27.7 Å². The van der Waals surface area contributed by atoms with E-state index in [-0.39, 0.29) is 4.90 Å². The van der Waals surface area contributed by atoms with Gasteiger partial charge < -0.3 is 4.98 Å². The Bertz CT molecular complexity index is 1250. The zero-order chi connectivity index (χ0) is 20.6. The molecule has 0 unspecified atom stereocenters. The molecule has 4 nitrogen and oxygen atoms in total. The van der Waals surface area contributed by atoms with Gasteiger partial charge in [-0.15, -0.1) is 0 Å². The molecule has 4 aromatic rings. The Balaban J connectivity index is 1.61. The van der Waals surface area contributed by atoms with Crippen molar-refractivity contribution >= 4 is 26.6 Å². The number of aromatic amines is 1. The van der Waals surface area contributed by atoms with E-state index in [2.05, 4.69) is 54.7 Å². The fourth-order valence-electron chi connectivity index (χ4n) is 3.33. The Hall–Kier alpha value is -3.05. The molecule has 0 aliphatic rings. The van der Waals surface area contributed by atoms with Crippen molar-refractivity contribution in [3.8, 4) is 11.3 Å². The van der Waals surface area contributed by atoms with Crippen LogP contribution in [0.5, 0.6) is 0 Å². The summed E-state index contributed by atoms with van der Waals surface area (Å²) in [5.41, 5.74) is 5.93. The zero-order valence-electron chi connectivity index (χ0n) is 16.7. The van der Waals surface area contributed by atoms with E-state index >= 15 is 0 Å². The lowest BCUT2D eigenvalue weighted by Crippen LogP contribution is -2.12. The number of sulfonamides is 1. The number of benzene rings is 3. The van der Waals surface area contributed by atoms with Gasteiger partial charge in [-0.25, -0.2) is 8.42 Å². The van der Waals surface area contributed by atoms with Crippen LogP contribution in [0.15, 0.2) is 77.7 Å². The minimum atomic E-state index is -3.63. The molecule has 5 heteroatoms. The van der Waals surface area contributed by atoms with Crippen molar-refractivity contribution in [2.45, 2.75) is 31.6 Å². The summed E-state index contributed by atoms with van der Waals surface area (Å²) in [5.74, 6) is 0.360. The van der Waals surface area contributed by atoms with E-state index in [1.807, 2.05) is 30.3 Å². The van der Waals surface area contributed by atoms with Crippen LogP contribution in [0.2, 0.25) is 0 Å². The van der Waals surface area contributed by atoms with E-state index in [9.17, 15) is 8.42 Å². The number of aromatic nitrogens is 1. The summed E-state index contributed by atoms with van der Waals surface area (Å²) in [7, 11) is -3.63. The number of H-pyrrole nitrogens is 1. The zero-order valence-corrected chi connectivity index (χ0v) is 17.5. The summed E-state index contributed by atoms with van der Waals surface area (Å²) >= 11 is 0. The first kappa shape index (κ1) is 19.3. The minimum Gasteiger partial charge on any atom is -0.355 e. The van der Waals surface area contributed by atoms with Crippen LogP contribution in [-0.2, 0) is 10.0 Å². The minimum absolute atomic E-state index is 0.261. The fourth-order valence-corrected chi connectivity index (χ4v) is 4.38. The van der Waals surface area contributed by atoms with Crippen LogP contribution in [0.4, 0.5) is 5.69 Å². The topological polar surface area (TPSA) is 62.0 Å². The van der Waals surface area contributed by atoms with Crippen LogP contribution in [0.3, 0.4) is 0 Å². The fraction of sp³-hybridized carbons (Fsp3) is 0.167. The van der Waals surface area contributed by atoms with E-state index in [4.69, 9.17) is 0 Å². The monoisotopic (exact) mass is 404 g/mol. The van der Waals surface area contributed by atoms with Crippen LogP contribution in [0, 0.1) is 6.92 Å². The molecule has 0 aliphatic carbocycles. The van der Waals surface area contributed by atoms with Gasteiger partial charge in [0.2, 0.25) is 0 Å². The molecule has 1 aromatic heterocycles. The second kappa shape index (κ2) is 7.41. The third-order valence-corrected chi connectivity index (χ3v) is 6.49. The maximum absolute atomic E-state index is 12.8. The molecule has 4 rings (SSSR count). The molecule has 0 aliphatic heterocycles. The van der Waals surface area contributed by atoms with Gasteiger partial charge in [-0.05, 0) is 60.4 Å². The summed E-state index contributed by atoms with van der Waals surface area (Å²) in [6.45, 7) is 6.22. The average Bonchev–Trinajstić information content (AvgIpc) is 3.11. The first-order chi connectivity index (χ1) is 13.8. The number of hydrogen-bond acceptors (Lipinski definition) is 2. The molecule has 1 heterocycles. The van der Waals surface area contributed by atoms with Crippen molar-refractivity contribution in [2.75, 3.05) is 4.72 Å². The second-order valence-electron chi connectivity index (χ2n) is 7.68. The van der Waals surface area contributed by atoms with Crippen molar-refractivity contribution < 1.29 is 8.42 Å². The van der Waals surface area contributed by atoms with Gasteiger partial charge in [0, 0.05) is 22.3 Å². The van der Waals surface area contributed by atoms with Gasteiger partial charge in [0.15, 0.2) is 0 Å². The Morgan fingerprint density at radius 3 is 2.21 bits per heavy atom. The van der Waals surface area contributed by atoms with Gasteiger partial charge in [-0.1, -0.05) is 55.8 Å². The summed E-state index contributed by atoms with van der Waals surface area (Å²) in [5, 5.41) is 0.955. The second-order valence-corrected chi connectivity index (χ2v) is 9.36. The molecule has 0 saturated heterocycles. The molecule has 0 amide bonds. The van der Waals surface area contributed by atoms with Crippen molar-refractivity contribution in [1.82, 2.24) is 4.98 Å². The maximum atomic E-state index is 12.8. The quantitative estimate of drug-likeness (QED) is 0.424. The first-order valence-electron chi connectivity index (χ1n) is 9.64. The molecule has 0 bridgehead atoms. The number of nitrogens with one attached hydrogen (secondary N) is 2. The highest BCUT2D eigenvalue weighted by Gasteiger charge is 2.15. The molecular weight excluding hydrogens is 380 g/mol. The number of anilines is 1. The molecule has 0 atom stereocenters. The molecule has 0 fully saturated rings. The SMILES string of the molecule is Cc1ccc(-c2cc3cc(NS(=O)(=O)c4ccc(C(C)C)cc4)ccc3[nH]2)cc1. The van der Waals surface area contributed by atoms with Crippen molar-refractivity contribution in [3.05, 3.63) is 83.9 Å². The van der Waals surface area contributed by atoms with E-state index < -0.39 is 10.0 Å². The molecule has 29 heavy (non-hydrogen) atoms. The van der Waals surface area contributed by atoms with Crippen LogP contribution in [0.25, 0.3) is 22.2 Å². The molecule has 0 saturated carbocycles. The van der Waals surface area contributed by atoms with Gasteiger partial charge in [0.1, 0.15) is 0 Å². The largest absolute Gasteiger partial charge is 0.355 e. The van der Waals surface area contributed by atoms with Gasteiger partial charge in [0.05, 0.1) is 4.90 Å². The third kappa shape index (κ3) is 4.05. The summed E-state index contributed by atoms with van der Waals surface area (Å²) < 4.78 is 28.2. The van der Waals surface area contributed by atoms with Crippen LogP contribution < -0.4 is 4.72 Å². The highest BCUT2D eigenvalue weighted by atomic mass is 32.2. The summed E-state index contributed by atoms with van der Waals surface area (Å²) in [4.78, 5) is 3.65. The lowest BCUT2D eigenvalue weighted by Gasteiger charge is -2.10. The predicted molar refractivity (Wildman–Crippen MR) is 120 cm³/mol. The number of hydrogen-bond donors (Lipinski definition) is 2. The van der Waals surface area contributed by atoms with Crippen LogP contribution in [0.1, 0.15) is 30.9 Å². The van der Waals surface area contributed by atoms with Crippen molar-refractivity contribution in [3.63, 3.8) is 0 Å². The Kier molecular flexibility index (Phi) is 4.92. The van der Waals surface area contributed by atoms with Gasteiger partial charge >= 0.3 is 0 Å². The molecule has 0 spiro atoms. The molecule has 3 aromatic carbocycles. The van der Waals surface area contributed by atoms with Crippen LogP contribution in [-0.4, -0.2) is 13.4 Å². The van der Waals surface area contributed by atoms with Gasteiger partial charge in [-0.2, -0.15) is 0 Å². The normalized spacial score (nSPS) is 11.9. The van der Waals surface area contributed by atoms with Gasteiger partial charge in [0.25, 0.3) is 10.0 Å². The Labute approximate surface area is 171 Å². The number of aryl methyl sites for hydroxylation is 1. The Morgan fingerprint density at radius 2 is 1.55 bits per heavy atom. The third-order valence-electron chi connectivity index (χ3n) is 5.09. The standard InChI is InChI=1S/C24H24N2O2S/c1-16(2)18-8-11-22(12-9-18)29(27,28)26-21-10-13-23-20(14-21)15-24(25-23)19-6-4-17(3)5-7-19/h4-16,25-26H,1-3H3. The van der Waals surface area contributed by atoms with Crippen LogP contribution >= 0.6 is 0 Å². The average molecular weight is 405 g/mol. The van der Waals surface area contributed by atoms with E-state index in [0.29, 0.717) is 11.6 Å². The highest BCUT2D eigenvalue weighted by molar-refractivity contribution is 7.92. The van der Waals surface area contributed by atoms with E-state index in [1.54, 1.807) is 18.2 Å². The summed E-state index contributed by atoms with van der Waals surface area (Å²) in [6.07, 6.45) is 0. The summed E-state index contributed by atoms with van der Waals surface area (Å²) in [6, 6.07) is 22.9. The van der Waals surface area contributed by atoms with Crippen molar-refractivity contribution in [2.24, 2.45) is 0 Å². The van der Waals surface area contributed by atoms with E-state index in [1.165, 1.54) is 5.56 Å². The van der Waals surface area contributed by atoms with Gasteiger partial charge in [-0.3, -0.25) is 4.72 Å². The first-order valence-corrected chi connectivity index (χ1v) is 11.1. The smallest absolute Gasteiger partial charge is 0.261 e. The number of fused-ring (bicyclic) bond motifs is 1. The molecule has 2 N–H and O–H groups in total. The molecule has 0 radical (unpaired) electrons. The molecule has 148 valence electrons. The van der Waals surface area contributed by atoms with Crippen molar-refractivity contribution in [1.29, 1.82) is 0 Å². The predicted octanol–water partition coefficient (Wildman–Crippen LogP) is 6.07. The lowest BCUT2D eigenvalue weighted by molar-refractivity contribution is 0.601. The highest BCUT2D eigenvalue weighted by Crippen LogP contribution is 2.27. The molecular formula is C24H24N2O2S. The number of rotatable bonds is 5. The lowest BCUT2D eigenvalue weighted by atomic mass is 10.0.